The molecule has 0 unspecified atom stereocenters. The monoisotopic (exact) mass is 391 g/mol. The zero-order chi connectivity index (χ0) is 19.9. The maximum absolute atomic E-state index is 13.1. The first-order chi connectivity index (χ1) is 12.8. The predicted molar refractivity (Wildman–Crippen MR) is 104 cm³/mol. The third kappa shape index (κ3) is 5.85. The number of methoxy groups -OCH3 is 1. The molecule has 0 aliphatic carbocycles. The summed E-state index contributed by atoms with van der Waals surface area (Å²) >= 11 is 0. The van der Waals surface area contributed by atoms with E-state index >= 15 is 0 Å². The van der Waals surface area contributed by atoms with Gasteiger partial charge in [0.25, 0.3) is 0 Å². The summed E-state index contributed by atoms with van der Waals surface area (Å²) in [6.07, 6.45) is 3.26. The van der Waals surface area contributed by atoms with Crippen LogP contribution in [0.5, 0.6) is 0 Å². The maximum atomic E-state index is 13.1. The first kappa shape index (κ1) is 21.0. The second-order valence-electron chi connectivity index (χ2n) is 6.36. The Hall–Kier alpha value is -2.29. The van der Waals surface area contributed by atoms with Crippen LogP contribution in [0.1, 0.15) is 19.4 Å². The lowest BCUT2D eigenvalue weighted by atomic mass is 10.2. The molecule has 0 fully saturated rings. The summed E-state index contributed by atoms with van der Waals surface area (Å²) in [5.74, 6) is -0.275. The van der Waals surface area contributed by atoms with Crippen molar-refractivity contribution in [2.45, 2.75) is 25.3 Å². The van der Waals surface area contributed by atoms with Crippen LogP contribution in [0.2, 0.25) is 0 Å². The van der Waals surface area contributed by atoms with Crippen molar-refractivity contribution in [3.63, 3.8) is 0 Å². The smallest absolute Gasteiger partial charge is 0.243 e. The molecule has 0 aliphatic rings. The van der Waals surface area contributed by atoms with Gasteiger partial charge in [0.1, 0.15) is 0 Å². The van der Waals surface area contributed by atoms with Gasteiger partial charge in [-0.15, -0.1) is 0 Å². The van der Waals surface area contributed by atoms with Crippen LogP contribution in [-0.4, -0.2) is 43.9 Å². The first-order valence-electron chi connectivity index (χ1n) is 8.63. The van der Waals surface area contributed by atoms with Gasteiger partial charge >= 0.3 is 0 Å². The van der Waals surface area contributed by atoms with Crippen LogP contribution in [0.3, 0.4) is 0 Å². The van der Waals surface area contributed by atoms with Crippen molar-refractivity contribution in [2.75, 3.05) is 25.6 Å². The Bertz CT molecular complexity index is 837. The molecule has 2 rings (SSSR count). The number of carbonyl (C=O) groups excluding carboxylic acids is 1. The van der Waals surface area contributed by atoms with Gasteiger partial charge in [0.2, 0.25) is 15.9 Å². The van der Waals surface area contributed by atoms with E-state index in [1.165, 1.54) is 23.5 Å². The van der Waals surface area contributed by atoms with Crippen LogP contribution in [0.15, 0.2) is 53.7 Å². The van der Waals surface area contributed by atoms with Gasteiger partial charge in [0.05, 0.1) is 11.5 Å². The molecule has 1 aromatic carbocycles. The third-order valence-electron chi connectivity index (χ3n) is 3.94. The Labute approximate surface area is 160 Å². The third-order valence-corrected chi connectivity index (χ3v) is 5.80. The molecular formula is C19H25N3O4S. The standard InChI is InChI=1S/C19H25N3O4S/c1-15(2)19(23)21-17-4-6-18(7-5-17)27(24,25)22(12-13-26-3)14-16-8-10-20-11-9-16/h4-11,15H,12-14H2,1-3H3,(H,21,23). The molecule has 0 spiro atoms. The molecule has 0 aliphatic heterocycles. The zero-order valence-corrected chi connectivity index (χ0v) is 16.6. The molecule has 0 bridgehead atoms. The molecule has 8 heteroatoms. The van der Waals surface area contributed by atoms with E-state index in [0.717, 1.165) is 5.56 Å². The van der Waals surface area contributed by atoms with Crippen molar-refractivity contribution in [1.29, 1.82) is 0 Å². The van der Waals surface area contributed by atoms with Crippen molar-refractivity contribution < 1.29 is 17.9 Å². The second kappa shape index (κ2) is 9.59. The number of sulfonamides is 1. The van der Waals surface area contributed by atoms with Crippen molar-refractivity contribution in [1.82, 2.24) is 9.29 Å². The summed E-state index contributed by atoms with van der Waals surface area (Å²) in [6, 6.07) is 9.73. The van der Waals surface area contributed by atoms with Crippen LogP contribution in [-0.2, 0) is 26.1 Å². The average Bonchev–Trinajstić information content (AvgIpc) is 2.66. The SMILES string of the molecule is COCCN(Cc1ccncc1)S(=O)(=O)c1ccc(NC(=O)C(C)C)cc1. The average molecular weight is 391 g/mol. The van der Waals surface area contributed by atoms with Gasteiger partial charge in [0.15, 0.2) is 0 Å². The van der Waals surface area contributed by atoms with E-state index in [4.69, 9.17) is 4.74 Å². The number of hydrogen-bond donors (Lipinski definition) is 1. The molecule has 0 radical (unpaired) electrons. The highest BCUT2D eigenvalue weighted by Gasteiger charge is 2.24. The molecule has 1 N–H and O–H groups in total. The quantitative estimate of drug-likeness (QED) is 0.709. The minimum Gasteiger partial charge on any atom is -0.383 e. The normalized spacial score (nSPS) is 11.7. The highest BCUT2D eigenvalue weighted by molar-refractivity contribution is 7.89. The number of carbonyl (C=O) groups is 1. The summed E-state index contributed by atoms with van der Waals surface area (Å²) in [4.78, 5) is 15.9. The summed E-state index contributed by atoms with van der Waals surface area (Å²) in [7, 11) is -2.18. The van der Waals surface area contributed by atoms with Crippen LogP contribution < -0.4 is 5.32 Å². The number of ether oxygens (including phenoxy) is 1. The number of hydrogen-bond acceptors (Lipinski definition) is 5. The number of anilines is 1. The molecule has 1 aromatic heterocycles. The van der Waals surface area contributed by atoms with Crippen molar-refractivity contribution in [3.8, 4) is 0 Å². The Balaban J connectivity index is 2.22. The highest BCUT2D eigenvalue weighted by Crippen LogP contribution is 2.20. The molecule has 7 nitrogen and oxygen atoms in total. The molecule has 0 saturated carbocycles. The molecule has 0 saturated heterocycles. The van der Waals surface area contributed by atoms with Gasteiger partial charge in [-0.1, -0.05) is 13.8 Å². The van der Waals surface area contributed by atoms with Crippen molar-refractivity contribution in [2.24, 2.45) is 5.92 Å². The summed E-state index contributed by atoms with van der Waals surface area (Å²) in [5, 5.41) is 2.75. The lowest BCUT2D eigenvalue weighted by Crippen LogP contribution is -2.33. The molecule has 2 aromatic rings. The minimum atomic E-state index is -3.71. The zero-order valence-electron chi connectivity index (χ0n) is 15.8. The number of aromatic nitrogens is 1. The number of benzene rings is 1. The van der Waals surface area contributed by atoms with E-state index in [-0.39, 0.29) is 36.4 Å². The molecular weight excluding hydrogens is 366 g/mol. The van der Waals surface area contributed by atoms with Crippen LogP contribution >= 0.6 is 0 Å². The van der Waals surface area contributed by atoms with E-state index in [1.807, 2.05) is 0 Å². The van der Waals surface area contributed by atoms with E-state index < -0.39 is 10.0 Å². The lowest BCUT2D eigenvalue weighted by Gasteiger charge is -2.22. The van der Waals surface area contributed by atoms with E-state index in [9.17, 15) is 13.2 Å². The fraction of sp³-hybridized carbons (Fsp3) is 0.368. The van der Waals surface area contributed by atoms with Crippen LogP contribution in [0, 0.1) is 5.92 Å². The Morgan fingerprint density at radius 2 is 1.78 bits per heavy atom. The van der Waals surface area contributed by atoms with Crippen LogP contribution in [0.4, 0.5) is 5.69 Å². The van der Waals surface area contributed by atoms with Gasteiger partial charge < -0.3 is 10.1 Å². The van der Waals surface area contributed by atoms with Crippen molar-refractivity contribution >= 4 is 21.6 Å². The van der Waals surface area contributed by atoms with E-state index in [0.29, 0.717) is 5.69 Å². The molecule has 0 atom stereocenters. The van der Waals surface area contributed by atoms with Gasteiger partial charge in [-0.05, 0) is 42.0 Å². The Kier molecular flexibility index (Phi) is 7.46. The van der Waals surface area contributed by atoms with Crippen molar-refractivity contribution in [3.05, 3.63) is 54.4 Å². The predicted octanol–water partition coefficient (Wildman–Crippen LogP) is 2.51. The topological polar surface area (TPSA) is 88.6 Å². The number of nitrogens with one attached hydrogen (secondary N) is 1. The molecule has 146 valence electrons. The van der Waals surface area contributed by atoms with Gasteiger partial charge in [-0.25, -0.2) is 8.42 Å². The Morgan fingerprint density at radius 1 is 1.15 bits per heavy atom. The van der Waals surface area contributed by atoms with Gasteiger partial charge in [-0.3, -0.25) is 9.78 Å². The largest absolute Gasteiger partial charge is 0.383 e. The first-order valence-corrected chi connectivity index (χ1v) is 10.1. The van der Waals surface area contributed by atoms with Gasteiger partial charge in [-0.2, -0.15) is 4.31 Å². The van der Waals surface area contributed by atoms with E-state index in [2.05, 4.69) is 10.3 Å². The fourth-order valence-electron chi connectivity index (χ4n) is 2.32. The summed E-state index contributed by atoms with van der Waals surface area (Å²) in [6.45, 7) is 4.32. The summed E-state index contributed by atoms with van der Waals surface area (Å²) in [5.41, 5.74) is 1.40. The van der Waals surface area contributed by atoms with Gasteiger partial charge in [0, 0.05) is 44.2 Å². The minimum absolute atomic E-state index is 0.120. The van der Waals surface area contributed by atoms with Crippen LogP contribution in [0.25, 0.3) is 0 Å². The molecule has 1 amide bonds. The van der Waals surface area contributed by atoms with E-state index in [1.54, 1.807) is 50.5 Å². The summed E-state index contributed by atoms with van der Waals surface area (Å²) < 4.78 is 32.5. The molecule has 1 heterocycles. The lowest BCUT2D eigenvalue weighted by molar-refractivity contribution is -0.118. The maximum Gasteiger partial charge on any atom is 0.243 e. The number of rotatable bonds is 9. The number of nitrogens with zero attached hydrogens (tertiary/aromatic N) is 2. The fourth-order valence-corrected chi connectivity index (χ4v) is 3.73. The highest BCUT2D eigenvalue weighted by atomic mass is 32.2. The Morgan fingerprint density at radius 3 is 2.33 bits per heavy atom. The molecule has 27 heavy (non-hydrogen) atoms. The number of amides is 1. The number of pyridine rings is 1. The second-order valence-corrected chi connectivity index (χ2v) is 8.29.